The highest BCUT2D eigenvalue weighted by Gasteiger charge is 2.14. The highest BCUT2D eigenvalue weighted by Crippen LogP contribution is 2.23. The summed E-state index contributed by atoms with van der Waals surface area (Å²) < 4.78 is 0. The third-order valence-electron chi connectivity index (χ3n) is 3.53. The standard InChI is InChI=1S/C18H23N/c1-3-10-18(17-13-8-5-9-14-17)19-15(2)16-11-6-4-7-12-16/h4-9,11-15,18-19H,3,10H2,1-2H3. The Hall–Kier alpha value is -1.60. The molecule has 2 aromatic rings. The Morgan fingerprint density at radius 1 is 0.842 bits per heavy atom. The van der Waals surface area contributed by atoms with E-state index in [0.29, 0.717) is 12.1 Å². The third-order valence-corrected chi connectivity index (χ3v) is 3.53. The molecule has 1 nitrogen and oxygen atoms in total. The summed E-state index contributed by atoms with van der Waals surface area (Å²) in [5.74, 6) is 0. The lowest BCUT2D eigenvalue weighted by molar-refractivity contribution is 0.439. The number of hydrogen-bond acceptors (Lipinski definition) is 1. The van der Waals surface area contributed by atoms with E-state index in [-0.39, 0.29) is 0 Å². The van der Waals surface area contributed by atoms with Crippen LogP contribution >= 0.6 is 0 Å². The van der Waals surface area contributed by atoms with Gasteiger partial charge in [0.2, 0.25) is 0 Å². The molecule has 1 N–H and O–H groups in total. The molecule has 1 heteroatoms. The van der Waals surface area contributed by atoms with E-state index >= 15 is 0 Å². The second-order valence-corrected chi connectivity index (χ2v) is 5.05. The first kappa shape index (κ1) is 13.8. The molecule has 0 heterocycles. The van der Waals surface area contributed by atoms with Gasteiger partial charge in [0.1, 0.15) is 0 Å². The maximum Gasteiger partial charge on any atom is 0.0325 e. The van der Waals surface area contributed by atoms with Crippen LogP contribution in [0.25, 0.3) is 0 Å². The second kappa shape index (κ2) is 7.10. The molecule has 2 rings (SSSR count). The Kier molecular flexibility index (Phi) is 5.17. The zero-order valence-corrected chi connectivity index (χ0v) is 11.8. The average Bonchev–Trinajstić information content (AvgIpc) is 2.48. The molecule has 2 aromatic carbocycles. The summed E-state index contributed by atoms with van der Waals surface area (Å²) in [4.78, 5) is 0. The van der Waals surface area contributed by atoms with Crippen LogP contribution in [0.5, 0.6) is 0 Å². The van der Waals surface area contributed by atoms with Crippen molar-refractivity contribution in [1.82, 2.24) is 5.32 Å². The molecule has 0 amide bonds. The molecule has 19 heavy (non-hydrogen) atoms. The molecule has 0 saturated heterocycles. The highest BCUT2D eigenvalue weighted by atomic mass is 14.9. The minimum atomic E-state index is 0.373. The van der Waals surface area contributed by atoms with Crippen molar-refractivity contribution < 1.29 is 0 Å². The summed E-state index contributed by atoms with van der Waals surface area (Å²) >= 11 is 0. The van der Waals surface area contributed by atoms with Gasteiger partial charge in [-0.1, -0.05) is 74.0 Å². The fourth-order valence-corrected chi connectivity index (χ4v) is 2.46. The summed E-state index contributed by atoms with van der Waals surface area (Å²) in [6, 6.07) is 22.2. The molecule has 0 spiro atoms. The van der Waals surface area contributed by atoms with Gasteiger partial charge in [-0.2, -0.15) is 0 Å². The van der Waals surface area contributed by atoms with Gasteiger partial charge in [0.05, 0.1) is 0 Å². The van der Waals surface area contributed by atoms with Crippen LogP contribution in [0.4, 0.5) is 0 Å². The molecule has 2 unspecified atom stereocenters. The Bertz CT molecular complexity index is 464. The second-order valence-electron chi connectivity index (χ2n) is 5.05. The zero-order valence-electron chi connectivity index (χ0n) is 11.8. The Balaban J connectivity index is 2.09. The molecule has 0 bridgehead atoms. The minimum absolute atomic E-state index is 0.373. The van der Waals surface area contributed by atoms with Crippen LogP contribution in [0.15, 0.2) is 60.7 Å². The first-order valence-corrected chi connectivity index (χ1v) is 7.17. The highest BCUT2D eigenvalue weighted by molar-refractivity contribution is 5.22. The van der Waals surface area contributed by atoms with Crippen LogP contribution in [0, 0.1) is 0 Å². The monoisotopic (exact) mass is 253 g/mol. The minimum Gasteiger partial charge on any atom is -0.303 e. The van der Waals surface area contributed by atoms with Gasteiger partial charge in [-0.05, 0) is 24.5 Å². The van der Waals surface area contributed by atoms with Crippen LogP contribution in [-0.4, -0.2) is 0 Å². The number of rotatable bonds is 6. The van der Waals surface area contributed by atoms with Crippen LogP contribution < -0.4 is 5.32 Å². The molecule has 2 atom stereocenters. The molecule has 0 aliphatic heterocycles. The largest absolute Gasteiger partial charge is 0.303 e. The molecule has 0 aliphatic rings. The van der Waals surface area contributed by atoms with Crippen LogP contribution in [-0.2, 0) is 0 Å². The van der Waals surface area contributed by atoms with E-state index in [0.717, 1.165) is 0 Å². The molecular formula is C18H23N. The quantitative estimate of drug-likeness (QED) is 0.773. The van der Waals surface area contributed by atoms with E-state index in [1.807, 2.05) is 0 Å². The van der Waals surface area contributed by atoms with E-state index < -0.39 is 0 Å². The van der Waals surface area contributed by atoms with E-state index in [2.05, 4.69) is 79.8 Å². The SMILES string of the molecule is CCCC(NC(C)c1ccccc1)c1ccccc1. The lowest BCUT2D eigenvalue weighted by Crippen LogP contribution is -2.24. The van der Waals surface area contributed by atoms with Gasteiger partial charge in [0.15, 0.2) is 0 Å². The molecule has 0 saturated carbocycles. The smallest absolute Gasteiger partial charge is 0.0325 e. The van der Waals surface area contributed by atoms with Crippen LogP contribution in [0.3, 0.4) is 0 Å². The van der Waals surface area contributed by atoms with Gasteiger partial charge in [-0.25, -0.2) is 0 Å². The number of hydrogen-bond donors (Lipinski definition) is 1. The first-order valence-electron chi connectivity index (χ1n) is 7.17. The lowest BCUT2D eigenvalue weighted by Gasteiger charge is -2.24. The Morgan fingerprint density at radius 3 is 1.89 bits per heavy atom. The maximum absolute atomic E-state index is 3.75. The predicted octanol–water partition coefficient (Wildman–Crippen LogP) is 4.88. The topological polar surface area (TPSA) is 12.0 Å². The molecule has 0 aliphatic carbocycles. The van der Waals surface area contributed by atoms with Gasteiger partial charge >= 0.3 is 0 Å². The van der Waals surface area contributed by atoms with Crippen LogP contribution in [0.2, 0.25) is 0 Å². The summed E-state index contributed by atoms with van der Waals surface area (Å²) in [6.45, 7) is 4.48. The van der Waals surface area contributed by atoms with Gasteiger partial charge < -0.3 is 5.32 Å². The molecule has 0 radical (unpaired) electrons. The fraction of sp³-hybridized carbons (Fsp3) is 0.333. The lowest BCUT2D eigenvalue weighted by atomic mass is 10.00. The fourth-order valence-electron chi connectivity index (χ4n) is 2.46. The summed E-state index contributed by atoms with van der Waals surface area (Å²) in [6.07, 6.45) is 2.36. The van der Waals surface area contributed by atoms with Crippen molar-refractivity contribution in [2.75, 3.05) is 0 Å². The van der Waals surface area contributed by atoms with E-state index in [9.17, 15) is 0 Å². The van der Waals surface area contributed by atoms with E-state index in [1.165, 1.54) is 24.0 Å². The molecule has 0 fully saturated rings. The zero-order chi connectivity index (χ0) is 13.5. The van der Waals surface area contributed by atoms with E-state index in [1.54, 1.807) is 0 Å². The van der Waals surface area contributed by atoms with Crippen molar-refractivity contribution >= 4 is 0 Å². The van der Waals surface area contributed by atoms with Crippen molar-refractivity contribution in [3.05, 3.63) is 71.8 Å². The maximum atomic E-state index is 3.75. The Labute approximate surface area is 116 Å². The van der Waals surface area contributed by atoms with Crippen molar-refractivity contribution in [2.45, 2.75) is 38.8 Å². The Morgan fingerprint density at radius 2 is 1.37 bits per heavy atom. The molecular weight excluding hydrogens is 230 g/mol. The average molecular weight is 253 g/mol. The van der Waals surface area contributed by atoms with Gasteiger partial charge in [0, 0.05) is 12.1 Å². The molecule has 100 valence electrons. The third kappa shape index (κ3) is 3.93. The summed E-state index contributed by atoms with van der Waals surface area (Å²) in [5, 5.41) is 3.75. The molecule has 0 aromatic heterocycles. The summed E-state index contributed by atoms with van der Waals surface area (Å²) in [5.41, 5.74) is 2.73. The predicted molar refractivity (Wildman–Crippen MR) is 82.1 cm³/mol. The van der Waals surface area contributed by atoms with Crippen molar-refractivity contribution in [3.63, 3.8) is 0 Å². The van der Waals surface area contributed by atoms with Gasteiger partial charge in [-0.3, -0.25) is 0 Å². The number of nitrogens with one attached hydrogen (secondary N) is 1. The van der Waals surface area contributed by atoms with Crippen molar-refractivity contribution in [2.24, 2.45) is 0 Å². The normalized spacial score (nSPS) is 14.0. The van der Waals surface area contributed by atoms with Crippen molar-refractivity contribution in [3.8, 4) is 0 Å². The van der Waals surface area contributed by atoms with Gasteiger partial charge in [-0.15, -0.1) is 0 Å². The number of benzene rings is 2. The summed E-state index contributed by atoms with van der Waals surface area (Å²) in [7, 11) is 0. The van der Waals surface area contributed by atoms with Crippen molar-refractivity contribution in [1.29, 1.82) is 0 Å². The van der Waals surface area contributed by atoms with E-state index in [4.69, 9.17) is 0 Å². The van der Waals surface area contributed by atoms with Crippen LogP contribution in [0.1, 0.15) is 49.9 Å². The van der Waals surface area contributed by atoms with Gasteiger partial charge in [0.25, 0.3) is 0 Å². The first-order chi connectivity index (χ1) is 9.31.